The molecule has 2 aliphatic heterocycles. The molecule has 5 rings (SSSR count). The first-order chi connectivity index (χ1) is 16.5. The first-order valence-electron chi connectivity index (χ1n) is 11.5. The van der Waals surface area contributed by atoms with E-state index in [4.69, 9.17) is 33.9 Å². The van der Waals surface area contributed by atoms with Crippen LogP contribution < -0.4 is 11.1 Å². The van der Waals surface area contributed by atoms with Crippen molar-refractivity contribution in [2.24, 2.45) is 16.6 Å². The summed E-state index contributed by atoms with van der Waals surface area (Å²) in [5, 5.41) is 4.27. The first kappa shape index (κ1) is 22.8. The first-order valence-corrected chi connectivity index (χ1v) is 12.2. The van der Waals surface area contributed by atoms with E-state index in [0.29, 0.717) is 34.7 Å². The summed E-state index contributed by atoms with van der Waals surface area (Å²) in [6, 6.07) is 23.9. The zero-order chi connectivity index (χ0) is 23.7. The third-order valence-corrected chi connectivity index (χ3v) is 7.65. The van der Waals surface area contributed by atoms with Crippen LogP contribution in [-0.2, 0) is 16.8 Å². The lowest BCUT2D eigenvalue weighted by molar-refractivity contribution is -0.132. The number of nitrogens with one attached hydrogen (secondary N) is 1. The molecule has 0 spiro atoms. The average Bonchev–Trinajstić information content (AvgIpc) is 2.86. The predicted molar refractivity (Wildman–Crippen MR) is 138 cm³/mol. The van der Waals surface area contributed by atoms with E-state index >= 15 is 0 Å². The molecule has 1 amide bonds. The number of piperidine rings is 1. The highest BCUT2D eigenvalue weighted by atomic mass is 35.5. The van der Waals surface area contributed by atoms with Gasteiger partial charge in [0.05, 0.1) is 6.42 Å². The second kappa shape index (κ2) is 9.32. The van der Waals surface area contributed by atoms with Gasteiger partial charge in [0, 0.05) is 34.4 Å². The number of carbonyl (C=O) groups is 1. The van der Waals surface area contributed by atoms with Crippen LogP contribution >= 0.6 is 23.2 Å². The summed E-state index contributed by atoms with van der Waals surface area (Å²) in [5.74, 6) is 0.634. The van der Waals surface area contributed by atoms with Crippen molar-refractivity contribution in [3.63, 3.8) is 0 Å². The molecule has 0 aliphatic carbocycles. The van der Waals surface area contributed by atoms with Crippen molar-refractivity contribution in [2.75, 3.05) is 18.4 Å². The summed E-state index contributed by atoms with van der Waals surface area (Å²) in [6.07, 6.45) is 1.81. The molecular formula is C27H26Cl2N4O. The van der Waals surface area contributed by atoms with E-state index in [1.165, 1.54) is 0 Å². The third-order valence-electron chi connectivity index (χ3n) is 6.94. The summed E-state index contributed by atoms with van der Waals surface area (Å²) >= 11 is 12.6. The van der Waals surface area contributed by atoms with Gasteiger partial charge >= 0.3 is 0 Å². The minimum absolute atomic E-state index is 0.0379. The molecule has 1 fully saturated rings. The number of likely N-dealkylation sites (tertiary alicyclic amines) is 1. The van der Waals surface area contributed by atoms with Gasteiger partial charge in [0.2, 0.25) is 5.91 Å². The summed E-state index contributed by atoms with van der Waals surface area (Å²) in [4.78, 5) is 20.1. The molecule has 34 heavy (non-hydrogen) atoms. The number of anilines is 1. The van der Waals surface area contributed by atoms with Gasteiger partial charge in [0.25, 0.3) is 0 Å². The van der Waals surface area contributed by atoms with E-state index < -0.39 is 5.54 Å². The fourth-order valence-corrected chi connectivity index (χ4v) is 5.84. The van der Waals surface area contributed by atoms with Crippen LogP contribution in [0.25, 0.3) is 0 Å². The van der Waals surface area contributed by atoms with Gasteiger partial charge in [-0.25, -0.2) is 4.99 Å². The molecular weight excluding hydrogens is 467 g/mol. The number of hydrogen-bond acceptors (Lipinski definition) is 4. The normalized spacial score (nSPS) is 20.3. The van der Waals surface area contributed by atoms with Crippen molar-refractivity contribution in [2.45, 2.75) is 24.8 Å². The Morgan fingerprint density at radius 1 is 0.971 bits per heavy atom. The van der Waals surface area contributed by atoms with Gasteiger partial charge in [-0.2, -0.15) is 0 Å². The largest absolute Gasteiger partial charge is 0.370 e. The summed E-state index contributed by atoms with van der Waals surface area (Å²) < 4.78 is 0. The molecule has 174 valence electrons. The number of rotatable bonds is 4. The number of guanidine groups is 1. The number of halogens is 2. The summed E-state index contributed by atoms with van der Waals surface area (Å²) in [5.41, 5.74) is 9.59. The predicted octanol–water partition coefficient (Wildman–Crippen LogP) is 5.46. The minimum Gasteiger partial charge on any atom is -0.370 e. The number of benzene rings is 3. The number of nitrogens with two attached hydrogens (primary N) is 1. The number of carbonyl (C=O) groups excluding carboxylic acids is 1. The molecule has 1 saturated heterocycles. The highest BCUT2D eigenvalue weighted by Crippen LogP contribution is 2.49. The van der Waals surface area contributed by atoms with Gasteiger partial charge in [-0.05, 0) is 48.1 Å². The maximum absolute atomic E-state index is 13.1. The van der Waals surface area contributed by atoms with E-state index in [2.05, 4.69) is 23.5 Å². The van der Waals surface area contributed by atoms with Crippen molar-refractivity contribution in [3.8, 4) is 0 Å². The molecule has 0 aromatic heterocycles. The Hall–Kier alpha value is -3.02. The number of fused-ring (bicyclic) bond motifs is 1. The molecule has 3 N–H and O–H groups in total. The van der Waals surface area contributed by atoms with Crippen LogP contribution in [0.2, 0.25) is 10.0 Å². The Labute approximate surface area is 209 Å². The van der Waals surface area contributed by atoms with Crippen LogP contribution in [0.1, 0.15) is 29.5 Å². The molecule has 0 saturated carbocycles. The van der Waals surface area contributed by atoms with Crippen molar-refractivity contribution >= 4 is 40.8 Å². The van der Waals surface area contributed by atoms with Crippen LogP contribution in [0, 0.1) is 5.92 Å². The smallest absolute Gasteiger partial charge is 0.227 e. The van der Waals surface area contributed by atoms with Gasteiger partial charge in [0.1, 0.15) is 5.54 Å². The van der Waals surface area contributed by atoms with Crippen molar-refractivity contribution in [3.05, 3.63) is 99.5 Å². The number of amides is 1. The number of nitrogens with zero attached hydrogens (tertiary/aromatic N) is 2. The molecule has 1 atom stereocenters. The van der Waals surface area contributed by atoms with Gasteiger partial charge in [0.15, 0.2) is 5.96 Å². The lowest BCUT2D eigenvalue weighted by Crippen LogP contribution is -2.48. The molecule has 3 aromatic carbocycles. The highest BCUT2D eigenvalue weighted by molar-refractivity contribution is 6.36. The van der Waals surface area contributed by atoms with Gasteiger partial charge in [-0.3, -0.25) is 4.79 Å². The second-order valence-corrected chi connectivity index (χ2v) is 9.65. The number of hydrogen-bond donors (Lipinski definition) is 2. The maximum Gasteiger partial charge on any atom is 0.227 e. The fraction of sp³-hybridized carbons (Fsp3) is 0.259. The standard InChI is InChI=1S/C27H26Cl2N4O/c28-22-10-6-11-23(29)20(22)17-25(34)33-15-13-19(14-16-33)27(18-7-2-1-3-8-18)21-9-4-5-12-24(21)31-26(30)32-27/h1-12,19H,13-17H2,(H3,30,31,32). The minimum atomic E-state index is -0.603. The Bertz CT molecular complexity index is 1220. The van der Waals surface area contributed by atoms with Crippen molar-refractivity contribution in [1.82, 2.24) is 4.90 Å². The quantitative estimate of drug-likeness (QED) is 0.507. The van der Waals surface area contributed by atoms with Gasteiger partial charge < -0.3 is 16.0 Å². The fourth-order valence-electron chi connectivity index (χ4n) is 5.31. The van der Waals surface area contributed by atoms with Crippen LogP contribution in [-0.4, -0.2) is 29.9 Å². The van der Waals surface area contributed by atoms with Crippen molar-refractivity contribution < 1.29 is 4.79 Å². The number of para-hydroxylation sites is 1. The second-order valence-electron chi connectivity index (χ2n) is 8.83. The Morgan fingerprint density at radius 2 is 1.62 bits per heavy atom. The molecule has 2 aliphatic rings. The molecule has 2 heterocycles. The topological polar surface area (TPSA) is 70.7 Å². The van der Waals surface area contributed by atoms with Crippen LogP contribution in [0.3, 0.4) is 0 Å². The lowest BCUT2D eigenvalue weighted by Gasteiger charge is -2.45. The van der Waals surface area contributed by atoms with E-state index in [1.54, 1.807) is 18.2 Å². The van der Waals surface area contributed by atoms with E-state index in [0.717, 1.165) is 29.7 Å². The van der Waals surface area contributed by atoms with E-state index in [-0.39, 0.29) is 18.2 Å². The van der Waals surface area contributed by atoms with Crippen LogP contribution in [0.15, 0.2) is 77.8 Å². The molecule has 3 aromatic rings. The molecule has 0 radical (unpaired) electrons. The highest BCUT2D eigenvalue weighted by Gasteiger charge is 2.46. The summed E-state index contributed by atoms with van der Waals surface area (Å²) in [6.45, 7) is 1.29. The molecule has 7 heteroatoms. The monoisotopic (exact) mass is 492 g/mol. The summed E-state index contributed by atoms with van der Waals surface area (Å²) in [7, 11) is 0. The number of aliphatic imine (C=N–C) groups is 1. The van der Waals surface area contributed by atoms with Crippen molar-refractivity contribution in [1.29, 1.82) is 0 Å². The molecule has 1 unspecified atom stereocenters. The Balaban J connectivity index is 1.43. The van der Waals surface area contributed by atoms with Crippen LogP contribution in [0.4, 0.5) is 5.69 Å². The van der Waals surface area contributed by atoms with E-state index in [1.807, 2.05) is 41.3 Å². The lowest BCUT2D eigenvalue weighted by atomic mass is 9.68. The van der Waals surface area contributed by atoms with Gasteiger partial charge in [-0.15, -0.1) is 0 Å². The zero-order valence-electron chi connectivity index (χ0n) is 18.7. The SMILES string of the molecule is NC1=NC(c2ccccc2)(C2CCN(C(=O)Cc3c(Cl)cccc3Cl)CC2)c2ccccc2N1. The molecule has 5 nitrogen and oxygen atoms in total. The van der Waals surface area contributed by atoms with Crippen LogP contribution in [0.5, 0.6) is 0 Å². The Morgan fingerprint density at radius 3 is 2.32 bits per heavy atom. The van der Waals surface area contributed by atoms with Gasteiger partial charge in [-0.1, -0.05) is 77.8 Å². The average molecular weight is 493 g/mol. The molecule has 0 bridgehead atoms. The van der Waals surface area contributed by atoms with E-state index in [9.17, 15) is 4.79 Å². The zero-order valence-corrected chi connectivity index (χ0v) is 20.2. The third kappa shape index (κ3) is 4.04. The Kier molecular flexibility index (Phi) is 6.24. The maximum atomic E-state index is 13.1.